The Kier molecular flexibility index (Phi) is 5.78. The van der Waals surface area contributed by atoms with Gasteiger partial charge >= 0.3 is 0 Å². The summed E-state index contributed by atoms with van der Waals surface area (Å²) in [5.41, 5.74) is 2.40. The van der Waals surface area contributed by atoms with Gasteiger partial charge in [-0.15, -0.1) is 0 Å². The van der Waals surface area contributed by atoms with Crippen molar-refractivity contribution in [3.05, 3.63) is 83.7 Å². The second-order valence-electron chi connectivity index (χ2n) is 7.14. The molecule has 0 spiro atoms. The van der Waals surface area contributed by atoms with Crippen molar-refractivity contribution in [3.63, 3.8) is 0 Å². The molecule has 1 saturated heterocycles. The summed E-state index contributed by atoms with van der Waals surface area (Å²) in [5.74, 6) is -0.207. The van der Waals surface area contributed by atoms with Crippen LogP contribution in [0.5, 0.6) is 0 Å². The number of nitrogens with zero attached hydrogens (tertiary/aromatic N) is 2. The van der Waals surface area contributed by atoms with Gasteiger partial charge in [0.15, 0.2) is 0 Å². The third-order valence-electron chi connectivity index (χ3n) is 5.19. The summed E-state index contributed by atoms with van der Waals surface area (Å²) in [6.07, 6.45) is 0. The number of benzene rings is 3. The SMILES string of the molecule is Fc1ccc(COCN2CCN(Cc3cccc4ccccc34)CC2)cc1. The van der Waals surface area contributed by atoms with Crippen molar-refractivity contribution in [2.75, 3.05) is 32.9 Å². The lowest BCUT2D eigenvalue weighted by Gasteiger charge is -2.34. The molecule has 1 fully saturated rings. The molecular formula is C23H25FN2O. The van der Waals surface area contributed by atoms with E-state index in [1.807, 2.05) is 0 Å². The molecule has 3 nitrogen and oxygen atoms in total. The van der Waals surface area contributed by atoms with Gasteiger partial charge in [-0.05, 0) is 34.0 Å². The molecule has 4 rings (SSSR count). The van der Waals surface area contributed by atoms with Gasteiger partial charge in [0.1, 0.15) is 5.82 Å². The van der Waals surface area contributed by atoms with Gasteiger partial charge in [0.2, 0.25) is 0 Å². The summed E-state index contributed by atoms with van der Waals surface area (Å²) in [6.45, 7) is 6.25. The van der Waals surface area contributed by atoms with Crippen LogP contribution in [0.25, 0.3) is 10.8 Å². The molecule has 0 amide bonds. The summed E-state index contributed by atoms with van der Waals surface area (Å²) in [6, 6.07) is 21.7. The smallest absolute Gasteiger partial charge is 0.123 e. The lowest BCUT2D eigenvalue weighted by Crippen LogP contribution is -2.46. The fraction of sp³-hybridized carbons (Fsp3) is 0.304. The average molecular weight is 364 g/mol. The normalized spacial score (nSPS) is 16.0. The number of fused-ring (bicyclic) bond motifs is 1. The van der Waals surface area contributed by atoms with E-state index in [1.165, 1.54) is 28.5 Å². The first-order chi connectivity index (χ1) is 13.3. The van der Waals surface area contributed by atoms with E-state index >= 15 is 0 Å². The number of rotatable bonds is 6. The number of hydrogen-bond donors (Lipinski definition) is 0. The monoisotopic (exact) mass is 364 g/mol. The van der Waals surface area contributed by atoms with Crippen LogP contribution in [-0.4, -0.2) is 42.7 Å². The molecule has 1 aliphatic rings. The van der Waals surface area contributed by atoms with E-state index in [2.05, 4.69) is 52.3 Å². The van der Waals surface area contributed by atoms with E-state index < -0.39 is 0 Å². The predicted molar refractivity (Wildman–Crippen MR) is 107 cm³/mol. The van der Waals surface area contributed by atoms with Crippen molar-refractivity contribution in [1.82, 2.24) is 9.80 Å². The van der Waals surface area contributed by atoms with Gasteiger partial charge in [-0.2, -0.15) is 0 Å². The van der Waals surface area contributed by atoms with E-state index in [1.54, 1.807) is 12.1 Å². The zero-order chi connectivity index (χ0) is 18.5. The molecule has 0 radical (unpaired) electrons. The molecule has 0 bridgehead atoms. The summed E-state index contributed by atoms with van der Waals surface area (Å²) >= 11 is 0. The molecule has 3 aromatic rings. The van der Waals surface area contributed by atoms with Crippen LogP contribution in [-0.2, 0) is 17.9 Å². The zero-order valence-electron chi connectivity index (χ0n) is 15.5. The summed E-state index contributed by atoms with van der Waals surface area (Å²) in [4.78, 5) is 4.85. The first kappa shape index (κ1) is 18.1. The van der Waals surface area contributed by atoms with E-state index in [0.29, 0.717) is 13.3 Å². The van der Waals surface area contributed by atoms with Crippen LogP contribution in [0.3, 0.4) is 0 Å². The van der Waals surface area contributed by atoms with Crippen molar-refractivity contribution >= 4 is 10.8 Å². The first-order valence-electron chi connectivity index (χ1n) is 9.51. The minimum atomic E-state index is -0.207. The Labute approximate surface area is 160 Å². The second-order valence-corrected chi connectivity index (χ2v) is 7.14. The number of hydrogen-bond acceptors (Lipinski definition) is 3. The van der Waals surface area contributed by atoms with E-state index in [9.17, 15) is 4.39 Å². The molecular weight excluding hydrogens is 339 g/mol. The minimum Gasteiger partial charge on any atom is -0.361 e. The van der Waals surface area contributed by atoms with Gasteiger partial charge < -0.3 is 4.74 Å². The Morgan fingerprint density at radius 1 is 0.778 bits per heavy atom. The number of ether oxygens (including phenoxy) is 1. The maximum absolute atomic E-state index is 12.9. The van der Waals surface area contributed by atoms with Gasteiger partial charge in [-0.25, -0.2) is 4.39 Å². The lowest BCUT2D eigenvalue weighted by molar-refractivity contribution is -0.00676. The average Bonchev–Trinajstić information content (AvgIpc) is 2.71. The van der Waals surface area contributed by atoms with Crippen molar-refractivity contribution in [2.45, 2.75) is 13.2 Å². The Hall–Kier alpha value is -2.27. The Morgan fingerprint density at radius 2 is 1.48 bits per heavy atom. The van der Waals surface area contributed by atoms with E-state index in [4.69, 9.17) is 4.74 Å². The third kappa shape index (κ3) is 4.72. The van der Waals surface area contributed by atoms with E-state index in [-0.39, 0.29) is 5.82 Å². The van der Waals surface area contributed by atoms with Crippen molar-refractivity contribution in [3.8, 4) is 0 Å². The molecule has 0 aromatic heterocycles. The molecule has 0 saturated carbocycles. The number of halogens is 1. The van der Waals surface area contributed by atoms with Crippen LogP contribution in [0.1, 0.15) is 11.1 Å². The topological polar surface area (TPSA) is 15.7 Å². The van der Waals surface area contributed by atoms with Gasteiger partial charge in [0, 0.05) is 32.7 Å². The molecule has 27 heavy (non-hydrogen) atoms. The lowest BCUT2D eigenvalue weighted by atomic mass is 10.0. The van der Waals surface area contributed by atoms with Crippen molar-refractivity contribution in [2.24, 2.45) is 0 Å². The Balaban J connectivity index is 1.24. The zero-order valence-corrected chi connectivity index (χ0v) is 15.5. The van der Waals surface area contributed by atoms with Gasteiger partial charge in [-0.1, -0.05) is 54.6 Å². The Bertz CT molecular complexity index is 868. The van der Waals surface area contributed by atoms with Gasteiger partial charge in [-0.3, -0.25) is 9.80 Å². The van der Waals surface area contributed by atoms with Gasteiger partial charge in [0.05, 0.1) is 13.3 Å². The summed E-state index contributed by atoms with van der Waals surface area (Å²) in [5, 5.41) is 2.66. The highest BCUT2D eigenvalue weighted by Gasteiger charge is 2.17. The van der Waals surface area contributed by atoms with Crippen LogP contribution in [0.2, 0.25) is 0 Å². The first-order valence-corrected chi connectivity index (χ1v) is 9.51. The van der Waals surface area contributed by atoms with Crippen molar-refractivity contribution < 1.29 is 9.13 Å². The molecule has 4 heteroatoms. The second kappa shape index (κ2) is 8.61. The Morgan fingerprint density at radius 3 is 2.30 bits per heavy atom. The highest BCUT2D eigenvalue weighted by atomic mass is 19.1. The molecule has 3 aromatic carbocycles. The molecule has 1 aliphatic heterocycles. The maximum atomic E-state index is 12.9. The standard InChI is InChI=1S/C23H25FN2O/c24-22-10-8-19(9-11-22)17-27-18-26-14-12-25(13-15-26)16-21-6-3-5-20-4-1-2-7-23(20)21/h1-11H,12-18H2. The van der Waals surface area contributed by atoms with Crippen molar-refractivity contribution in [1.29, 1.82) is 0 Å². The van der Waals surface area contributed by atoms with Crippen LogP contribution in [0, 0.1) is 5.82 Å². The van der Waals surface area contributed by atoms with E-state index in [0.717, 1.165) is 38.3 Å². The molecule has 0 unspecified atom stereocenters. The maximum Gasteiger partial charge on any atom is 0.123 e. The fourth-order valence-electron chi connectivity index (χ4n) is 3.62. The number of piperazine rings is 1. The molecule has 1 heterocycles. The summed E-state index contributed by atoms with van der Waals surface area (Å²) in [7, 11) is 0. The third-order valence-corrected chi connectivity index (χ3v) is 5.19. The molecule has 140 valence electrons. The largest absolute Gasteiger partial charge is 0.361 e. The van der Waals surface area contributed by atoms with Crippen LogP contribution < -0.4 is 0 Å². The van der Waals surface area contributed by atoms with Crippen LogP contribution >= 0.6 is 0 Å². The van der Waals surface area contributed by atoms with Gasteiger partial charge in [0.25, 0.3) is 0 Å². The minimum absolute atomic E-state index is 0.207. The fourth-order valence-corrected chi connectivity index (χ4v) is 3.62. The highest BCUT2D eigenvalue weighted by Crippen LogP contribution is 2.20. The summed E-state index contributed by atoms with van der Waals surface area (Å²) < 4.78 is 18.7. The predicted octanol–water partition coefficient (Wildman–Crippen LogP) is 4.27. The quantitative estimate of drug-likeness (QED) is 0.650. The van der Waals surface area contributed by atoms with Crippen LogP contribution in [0.15, 0.2) is 66.7 Å². The molecule has 0 N–H and O–H groups in total. The molecule has 0 atom stereocenters. The van der Waals surface area contributed by atoms with Crippen LogP contribution in [0.4, 0.5) is 4.39 Å². The molecule has 0 aliphatic carbocycles. The highest BCUT2D eigenvalue weighted by molar-refractivity contribution is 5.85.